The maximum atomic E-state index is 12.8. The topological polar surface area (TPSA) is 98.5 Å². The first-order valence-electron chi connectivity index (χ1n) is 9.87. The molecule has 0 saturated carbocycles. The summed E-state index contributed by atoms with van der Waals surface area (Å²) in [6.45, 7) is 0.683. The first kappa shape index (κ1) is 20.5. The van der Waals surface area contributed by atoms with Gasteiger partial charge in [-0.1, -0.05) is 18.2 Å². The largest absolute Gasteiger partial charge is 0.493 e. The standard InChI is InChI=1S/C23H18N2O5S2/c26-22(21-17(9-11-30-21)14-32(27,28)18-4-2-1-3-5-18)25-23-24-19(13-31-23)15-6-7-20-16(12-15)8-10-29-20/h1-7,9,11-13H,8,10,14H2,(H,24,25,26). The average Bonchev–Trinajstić information content (AvgIpc) is 3.54. The van der Waals surface area contributed by atoms with Gasteiger partial charge in [-0.2, -0.15) is 0 Å². The van der Waals surface area contributed by atoms with Crippen LogP contribution in [0.15, 0.2) is 75.6 Å². The number of rotatable bonds is 6. The molecule has 9 heteroatoms. The molecule has 0 aliphatic carbocycles. The number of ether oxygens (including phenoxy) is 1. The molecule has 0 unspecified atom stereocenters. The molecule has 7 nitrogen and oxygen atoms in total. The molecule has 32 heavy (non-hydrogen) atoms. The van der Waals surface area contributed by atoms with Crippen LogP contribution in [0, 0.1) is 0 Å². The van der Waals surface area contributed by atoms with Gasteiger partial charge in [-0.3, -0.25) is 10.1 Å². The summed E-state index contributed by atoms with van der Waals surface area (Å²) in [5.41, 5.74) is 3.12. The minimum atomic E-state index is -3.61. The number of hydrogen-bond donors (Lipinski definition) is 1. The molecule has 0 fully saturated rings. The number of nitrogens with zero attached hydrogens (tertiary/aromatic N) is 1. The lowest BCUT2D eigenvalue weighted by Crippen LogP contribution is -2.14. The van der Waals surface area contributed by atoms with E-state index in [4.69, 9.17) is 9.15 Å². The smallest absolute Gasteiger partial charge is 0.293 e. The molecule has 0 radical (unpaired) electrons. The van der Waals surface area contributed by atoms with Crippen molar-refractivity contribution in [2.75, 3.05) is 11.9 Å². The minimum absolute atomic E-state index is 0.0454. The summed E-state index contributed by atoms with van der Waals surface area (Å²) >= 11 is 1.28. The van der Waals surface area contributed by atoms with Crippen molar-refractivity contribution in [1.82, 2.24) is 4.98 Å². The summed E-state index contributed by atoms with van der Waals surface area (Å²) in [4.78, 5) is 17.5. The van der Waals surface area contributed by atoms with Gasteiger partial charge in [0.2, 0.25) is 0 Å². The number of sulfone groups is 1. The normalized spacial score (nSPS) is 12.9. The van der Waals surface area contributed by atoms with Crippen LogP contribution in [0.4, 0.5) is 5.13 Å². The molecule has 4 aromatic rings. The van der Waals surface area contributed by atoms with Crippen LogP contribution in [-0.4, -0.2) is 25.9 Å². The van der Waals surface area contributed by atoms with Gasteiger partial charge in [-0.05, 0) is 42.0 Å². The number of thiazole rings is 1. The summed E-state index contributed by atoms with van der Waals surface area (Å²) < 4.78 is 36.2. The van der Waals surface area contributed by atoms with E-state index in [0.29, 0.717) is 17.3 Å². The lowest BCUT2D eigenvalue weighted by atomic mass is 10.1. The van der Waals surface area contributed by atoms with E-state index in [2.05, 4.69) is 10.3 Å². The third-order valence-electron chi connectivity index (χ3n) is 5.11. The Bertz CT molecular complexity index is 1390. The van der Waals surface area contributed by atoms with E-state index in [-0.39, 0.29) is 16.4 Å². The second kappa shape index (κ2) is 8.25. The number of furan rings is 1. The molecule has 1 aliphatic heterocycles. The molecule has 2 aromatic carbocycles. The fourth-order valence-corrected chi connectivity index (χ4v) is 5.62. The molecular weight excluding hydrogens is 448 g/mol. The summed E-state index contributed by atoms with van der Waals surface area (Å²) in [6, 6.07) is 15.5. The van der Waals surface area contributed by atoms with Gasteiger partial charge in [0.15, 0.2) is 20.7 Å². The van der Waals surface area contributed by atoms with Gasteiger partial charge in [0, 0.05) is 22.9 Å². The second-order valence-electron chi connectivity index (χ2n) is 7.26. The lowest BCUT2D eigenvalue weighted by Gasteiger charge is -2.05. The number of carbonyl (C=O) groups is 1. The van der Waals surface area contributed by atoms with Gasteiger partial charge in [0.25, 0.3) is 5.91 Å². The Kier molecular flexibility index (Phi) is 5.28. The fraction of sp³-hybridized carbons (Fsp3) is 0.130. The number of carbonyl (C=O) groups excluding carboxylic acids is 1. The molecular formula is C23H18N2O5S2. The van der Waals surface area contributed by atoms with Crippen molar-refractivity contribution >= 4 is 32.2 Å². The van der Waals surface area contributed by atoms with Crippen LogP contribution in [-0.2, 0) is 22.0 Å². The summed E-state index contributed by atoms with van der Waals surface area (Å²) in [5, 5.41) is 4.96. The molecule has 0 bridgehead atoms. The van der Waals surface area contributed by atoms with E-state index < -0.39 is 15.7 Å². The van der Waals surface area contributed by atoms with Crippen LogP contribution in [0.2, 0.25) is 0 Å². The van der Waals surface area contributed by atoms with Crippen LogP contribution in [0.25, 0.3) is 11.3 Å². The highest BCUT2D eigenvalue weighted by atomic mass is 32.2. The number of hydrogen-bond acceptors (Lipinski definition) is 7. The number of anilines is 1. The Morgan fingerprint density at radius 2 is 1.97 bits per heavy atom. The van der Waals surface area contributed by atoms with Crippen LogP contribution in [0.5, 0.6) is 5.75 Å². The quantitative estimate of drug-likeness (QED) is 0.447. The average molecular weight is 467 g/mol. The zero-order chi connectivity index (χ0) is 22.1. The van der Waals surface area contributed by atoms with Crippen LogP contribution >= 0.6 is 11.3 Å². The summed E-state index contributed by atoms with van der Waals surface area (Å²) in [6.07, 6.45) is 2.18. The van der Waals surface area contributed by atoms with Crippen molar-refractivity contribution in [1.29, 1.82) is 0 Å². The van der Waals surface area contributed by atoms with E-state index in [1.165, 1.54) is 35.8 Å². The molecule has 3 heterocycles. The Morgan fingerprint density at radius 3 is 2.81 bits per heavy atom. The monoisotopic (exact) mass is 466 g/mol. The van der Waals surface area contributed by atoms with Crippen molar-refractivity contribution in [2.24, 2.45) is 0 Å². The minimum Gasteiger partial charge on any atom is -0.493 e. The van der Waals surface area contributed by atoms with Gasteiger partial charge >= 0.3 is 0 Å². The van der Waals surface area contributed by atoms with Gasteiger partial charge in [0.05, 0.1) is 29.2 Å². The highest BCUT2D eigenvalue weighted by Crippen LogP contribution is 2.32. The molecule has 0 saturated heterocycles. The van der Waals surface area contributed by atoms with Gasteiger partial charge in [-0.25, -0.2) is 13.4 Å². The maximum absolute atomic E-state index is 12.8. The first-order valence-corrected chi connectivity index (χ1v) is 12.4. The van der Waals surface area contributed by atoms with Gasteiger partial charge in [0.1, 0.15) is 5.75 Å². The van der Waals surface area contributed by atoms with Crippen molar-refractivity contribution in [3.8, 4) is 17.0 Å². The van der Waals surface area contributed by atoms with Crippen LogP contribution in [0.3, 0.4) is 0 Å². The Balaban J connectivity index is 1.32. The molecule has 0 atom stereocenters. The number of nitrogens with one attached hydrogen (secondary N) is 1. The predicted octanol–water partition coefficient (Wildman–Crippen LogP) is 4.56. The third kappa shape index (κ3) is 4.04. The van der Waals surface area contributed by atoms with E-state index in [1.807, 2.05) is 23.6 Å². The number of amides is 1. The van der Waals surface area contributed by atoms with Crippen LogP contribution < -0.4 is 10.1 Å². The molecule has 1 N–H and O–H groups in total. The number of benzene rings is 2. The molecule has 1 aliphatic rings. The first-order chi connectivity index (χ1) is 15.5. The van der Waals surface area contributed by atoms with E-state index in [9.17, 15) is 13.2 Å². The van der Waals surface area contributed by atoms with Gasteiger partial charge < -0.3 is 9.15 Å². The Hall–Kier alpha value is -3.43. The SMILES string of the molecule is O=C(Nc1nc(-c2ccc3c(c2)CCO3)cs1)c1occc1CS(=O)(=O)c1ccccc1. The maximum Gasteiger partial charge on any atom is 0.293 e. The van der Waals surface area contributed by atoms with Gasteiger partial charge in [-0.15, -0.1) is 11.3 Å². The molecule has 1 amide bonds. The molecule has 5 rings (SSSR count). The second-order valence-corrected chi connectivity index (χ2v) is 10.1. The third-order valence-corrected chi connectivity index (χ3v) is 7.55. The van der Waals surface area contributed by atoms with Crippen LogP contribution in [0.1, 0.15) is 21.7 Å². The van der Waals surface area contributed by atoms with E-state index >= 15 is 0 Å². The Morgan fingerprint density at radius 1 is 1.12 bits per heavy atom. The number of aromatic nitrogens is 1. The molecule has 162 valence electrons. The van der Waals surface area contributed by atoms with Crippen molar-refractivity contribution in [3.05, 3.63) is 83.1 Å². The Labute approximate surface area is 188 Å². The predicted molar refractivity (Wildman–Crippen MR) is 121 cm³/mol. The van der Waals surface area contributed by atoms with Crippen molar-refractivity contribution in [2.45, 2.75) is 17.1 Å². The number of fused-ring (bicyclic) bond motifs is 1. The molecule has 2 aromatic heterocycles. The fourth-order valence-electron chi connectivity index (χ4n) is 3.53. The van der Waals surface area contributed by atoms with Crippen molar-refractivity contribution < 1.29 is 22.4 Å². The lowest BCUT2D eigenvalue weighted by molar-refractivity contribution is 0.0995. The highest BCUT2D eigenvalue weighted by molar-refractivity contribution is 7.90. The summed E-state index contributed by atoms with van der Waals surface area (Å²) in [7, 11) is -3.61. The van der Waals surface area contributed by atoms with Crippen molar-refractivity contribution in [3.63, 3.8) is 0 Å². The molecule has 0 spiro atoms. The van der Waals surface area contributed by atoms with E-state index in [1.54, 1.807) is 18.2 Å². The zero-order valence-electron chi connectivity index (χ0n) is 16.8. The van der Waals surface area contributed by atoms with E-state index in [0.717, 1.165) is 29.0 Å². The highest BCUT2D eigenvalue weighted by Gasteiger charge is 2.23. The zero-order valence-corrected chi connectivity index (χ0v) is 18.4. The summed E-state index contributed by atoms with van der Waals surface area (Å²) in [5.74, 6) is -0.0305.